The van der Waals surface area contributed by atoms with Gasteiger partial charge in [-0.05, 0) is 67.9 Å². The molecule has 3 heterocycles. The number of aromatic nitrogens is 1. The number of rotatable bonds is 4. The van der Waals surface area contributed by atoms with E-state index in [9.17, 15) is 19.2 Å². The number of ether oxygens (including phenoxy) is 1. The number of piperidine rings is 1. The molecule has 0 saturated carbocycles. The van der Waals surface area contributed by atoms with Gasteiger partial charge >= 0.3 is 24.0 Å². The van der Waals surface area contributed by atoms with Gasteiger partial charge in [0.25, 0.3) is 0 Å². The van der Waals surface area contributed by atoms with E-state index in [0.717, 1.165) is 27.9 Å². The molecular formula is C27H30N4O7. The van der Waals surface area contributed by atoms with Crippen molar-refractivity contribution >= 4 is 35.1 Å². The maximum atomic E-state index is 13.1. The number of nitrogens with one attached hydrogen (secondary N) is 1. The normalized spacial score (nSPS) is 19.6. The molecule has 0 bridgehead atoms. The summed E-state index contributed by atoms with van der Waals surface area (Å²) in [5.41, 5.74) is 4.93. The summed E-state index contributed by atoms with van der Waals surface area (Å²) in [5.74, 6) is -0.434. The molecule has 3 amide bonds. The number of fused-ring (bicyclic) bond motifs is 2. The van der Waals surface area contributed by atoms with Gasteiger partial charge in [-0.3, -0.25) is 4.57 Å². The summed E-state index contributed by atoms with van der Waals surface area (Å²) >= 11 is 0. The van der Waals surface area contributed by atoms with Crippen LogP contribution in [0.2, 0.25) is 0 Å². The molecule has 0 radical (unpaired) electrons. The second-order valence-electron chi connectivity index (χ2n) is 9.92. The van der Waals surface area contributed by atoms with Gasteiger partial charge < -0.3 is 29.4 Å². The number of hydrogen-bond donors (Lipinski definition) is 2. The Labute approximate surface area is 218 Å². The molecule has 2 aliphatic rings. The number of aryl methyl sites for hydroxylation is 3. The van der Waals surface area contributed by atoms with Crippen LogP contribution in [-0.4, -0.2) is 62.9 Å². The third kappa shape index (κ3) is 4.96. The largest absolute Gasteiger partial charge is 0.514 e. The molecule has 5 rings (SSSR count). The van der Waals surface area contributed by atoms with E-state index < -0.39 is 18.0 Å². The number of hydrogen-bond acceptors (Lipinski definition) is 6. The second-order valence-corrected chi connectivity index (χ2v) is 9.92. The van der Waals surface area contributed by atoms with Crippen molar-refractivity contribution in [2.45, 2.75) is 51.1 Å². The summed E-state index contributed by atoms with van der Waals surface area (Å²) in [4.78, 5) is 52.0. The fourth-order valence-electron chi connectivity index (χ4n) is 5.76. The van der Waals surface area contributed by atoms with Gasteiger partial charge in [0.1, 0.15) is 0 Å². The van der Waals surface area contributed by atoms with Gasteiger partial charge in [-0.25, -0.2) is 19.2 Å². The first kappa shape index (κ1) is 25.4. The van der Waals surface area contributed by atoms with Crippen molar-refractivity contribution in [2.24, 2.45) is 7.05 Å². The molecule has 0 spiro atoms. The summed E-state index contributed by atoms with van der Waals surface area (Å²) in [7, 11) is 1.66. The van der Waals surface area contributed by atoms with Gasteiger partial charge in [-0.15, -0.1) is 0 Å². The average Bonchev–Trinajstić information content (AvgIpc) is 3.05. The molecule has 0 aliphatic carbocycles. The summed E-state index contributed by atoms with van der Waals surface area (Å²) in [6.45, 7) is 2.72. The summed E-state index contributed by atoms with van der Waals surface area (Å²) in [6.07, 6.45) is 0.220. The van der Waals surface area contributed by atoms with Gasteiger partial charge in [0.05, 0.1) is 5.52 Å². The summed E-state index contributed by atoms with van der Waals surface area (Å²) in [6, 6.07) is 10.9. The molecule has 11 nitrogen and oxygen atoms in total. The van der Waals surface area contributed by atoms with E-state index in [0.29, 0.717) is 44.2 Å². The standard InChI is InChI=1S/C27H30N4O7/c1-16-13-17(14-22-23(16)29(2)25(33)37-22)7-8-19-15-20(10-12-31(19)26(34)38-27(35)36)30-11-9-18-5-3-4-6-21(18)28-24(30)32/h3-6,13-14,19-20H,7-12,15H2,1-2H3,(H,28,32)(H,35,36)/t19-,20-/m1/s1. The van der Waals surface area contributed by atoms with Crippen LogP contribution in [-0.2, 0) is 24.6 Å². The number of urea groups is 1. The van der Waals surface area contributed by atoms with E-state index >= 15 is 0 Å². The maximum Gasteiger partial charge on any atom is 0.514 e. The van der Waals surface area contributed by atoms with E-state index in [-0.39, 0.29) is 24.7 Å². The van der Waals surface area contributed by atoms with Crippen LogP contribution in [0.4, 0.5) is 20.1 Å². The minimum absolute atomic E-state index is 0.125. The Kier molecular flexibility index (Phi) is 6.83. The SMILES string of the molecule is Cc1cc(CC[C@@H]2C[C@H](N3CCc4ccccc4NC3=O)CCN2C(=O)OC(=O)O)cc2oc(=O)n(C)c12. The van der Waals surface area contributed by atoms with Gasteiger partial charge in [-0.1, -0.05) is 24.3 Å². The van der Waals surface area contributed by atoms with E-state index in [4.69, 9.17) is 9.52 Å². The van der Waals surface area contributed by atoms with E-state index in [1.807, 2.05) is 48.2 Å². The van der Waals surface area contributed by atoms with Crippen LogP contribution >= 0.6 is 0 Å². The average molecular weight is 523 g/mol. The highest BCUT2D eigenvalue weighted by atomic mass is 16.7. The quantitative estimate of drug-likeness (QED) is 0.389. The fraction of sp³-hybridized carbons (Fsp3) is 0.407. The highest BCUT2D eigenvalue weighted by Gasteiger charge is 2.37. The number of carbonyl (C=O) groups is 3. The summed E-state index contributed by atoms with van der Waals surface area (Å²) in [5, 5.41) is 12.0. The number of nitrogens with zero attached hydrogens (tertiary/aromatic N) is 3. The van der Waals surface area contributed by atoms with Gasteiger partial charge in [0.2, 0.25) is 0 Å². The Morgan fingerprint density at radius 2 is 1.97 bits per heavy atom. The zero-order valence-corrected chi connectivity index (χ0v) is 21.3. The first-order valence-electron chi connectivity index (χ1n) is 12.7. The van der Waals surface area contributed by atoms with Crippen LogP contribution in [0.3, 0.4) is 0 Å². The third-order valence-corrected chi connectivity index (χ3v) is 7.58. The van der Waals surface area contributed by atoms with Crippen molar-refractivity contribution < 1.29 is 28.6 Å². The molecule has 0 unspecified atom stereocenters. The third-order valence-electron chi connectivity index (χ3n) is 7.58. The Hall–Kier alpha value is -4.28. The second kappa shape index (κ2) is 10.2. The zero-order valence-electron chi connectivity index (χ0n) is 21.3. The van der Waals surface area contributed by atoms with Crippen LogP contribution in [0.1, 0.15) is 36.0 Å². The Morgan fingerprint density at radius 3 is 2.76 bits per heavy atom. The number of benzene rings is 2. The molecule has 2 aromatic carbocycles. The van der Waals surface area contributed by atoms with Crippen LogP contribution in [0.15, 0.2) is 45.6 Å². The van der Waals surface area contributed by atoms with Crippen LogP contribution in [0.5, 0.6) is 0 Å². The zero-order chi connectivity index (χ0) is 27.0. The number of amides is 3. The molecule has 1 fully saturated rings. The molecule has 1 aromatic heterocycles. The lowest BCUT2D eigenvalue weighted by Crippen LogP contribution is -2.54. The smallest absolute Gasteiger partial charge is 0.449 e. The molecule has 3 aromatic rings. The van der Waals surface area contributed by atoms with Gasteiger partial charge in [0, 0.05) is 37.9 Å². The molecule has 200 valence electrons. The molecule has 38 heavy (non-hydrogen) atoms. The minimum atomic E-state index is -1.65. The van der Waals surface area contributed by atoms with Crippen molar-refractivity contribution in [2.75, 3.05) is 18.4 Å². The molecule has 2 atom stereocenters. The minimum Gasteiger partial charge on any atom is -0.449 e. The first-order chi connectivity index (χ1) is 18.2. The molecule has 2 N–H and O–H groups in total. The Bertz CT molecular complexity index is 1460. The van der Waals surface area contributed by atoms with Crippen molar-refractivity contribution in [3.05, 3.63) is 63.6 Å². The van der Waals surface area contributed by atoms with E-state index in [2.05, 4.69) is 10.1 Å². The lowest BCUT2D eigenvalue weighted by Gasteiger charge is -2.42. The first-order valence-corrected chi connectivity index (χ1v) is 12.7. The number of likely N-dealkylation sites (tertiary alicyclic amines) is 1. The number of anilines is 1. The van der Waals surface area contributed by atoms with Crippen LogP contribution in [0.25, 0.3) is 11.1 Å². The van der Waals surface area contributed by atoms with Crippen LogP contribution < -0.4 is 11.1 Å². The lowest BCUT2D eigenvalue weighted by atomic mass is 9.91. The van der Waals surface area contributed by atoms with Crippen LogP contribution in [0, 0.1) is 6.92 Å². The van der Waals surface area contributed by atoms with Crippen molar-refractivity contribution in [1.82, 2.24) is 14.4 Å². The van der Waals surface area contributed by atoms with Crippen molar-refractivity contribution in [1.29, 1.82) is 0 Å². The molecule has 1 saturated heterocycles. The fourth-order valence-corrected chi connectivity index (χ4v) is 5.76. The Morgan fingerprint density at radius 1 is 1.18 bits per heavy atom. The summed E-state index contributed by atoms with van der Waals surface area (Å²) < 4.78 is 11.3. The number of carboxylic acid groups (broad SMARTS) is 1. The highest BCUT2D eigenvalue weighted by molar-refractivity contribution is 5.91. The van der Waals surface area contributed by atoms with E-state index in [1.54, 1.807) is 7.05 Å². The topological polar surface area (TPSA) is 134 Å². The predicted molar refractivity (Wildman–Crippen MR) is 138 cm³/mol. The molecular weight excluding hydrogens is 492 g/mol. The Balaban J connectivity index is 1.35. The van der Waals surface area contributed by atoms with Gasteiger partial charge in [-0.2, -0.15) is 0 Å². The monoisotopic (exact) mass is 522 g/mol. The van der Waals surface area contributed by atoms with Gasteiger partial charge in [0.15, 0.2) is 5.58 Å². The molecule has 11 heteroatoms. The molecule has 2 aliphatic heterocycles. The number of carbonyl (C=O) groups excluding carboxylic acids is 2. The maximum absolute atomic E-state index is 13.1. The lowest BCUT2D eigenvalue weighted by molar-refractivity contribution is 0.0506. The van der Waals surface area contributed by atoms with Crippen molar-refractivity contribution in [3.63, 3.8) is 0 Å². The predicted octanol–water partition coefficient (Wildman–Crippen LogP) is 4.11. The number of oxazole rings is 1. The van der Waals surface area contributed by atoms with Crippen molar-refractivity contribution in [3.8, 4) is 0 Å². The number of para-hydroxylation sites is 1. The highest BCUT2D eigenvalue weighted by Crippen LogP contribution is 2.30. The van der Waals surface area contributed by atoms with E-state index in [1.165, 1.54) is 9.47 Å².